The van der Waals surface area contributed by atoms with E-state index in [1.165, 1.54) is 4.90 Å². The van der Waals surface area contributed by atoms with Crippen LogP contribution in [0.3, 0.4) is 0 Å². The topological polar surface area (TPSA) is 51.0 Å². The molecule has 2 rings (SSSR count). The Morgan fingerprint density at radius 3 is 2.80 bits per heavy atom. The van der Waals surface area contributed by atoms with Gasteiger partial charge in [-0.25, -0.2) is 0 Å². The molecule has 1 heterocycles. The monoisotopic (exact) mass is 355 g/mol. The molecule has 1 aromatic heterocycles. The molecule has 0 saturated heterocycles. The van der Waals surface area contributed by atoms with Gasteiger partial charge in [-0.2, -0.15) is 4.98 Å². The van der Waals surface area contributed by atoms with Crippen molar-refractivity contribution in [1.82, 2.24) is 15.5 Å². The van der Waals surface area contributed by atoms with Crippen LogP contribution >= 0.6 is 27.7 Å². The first-order chi connectivity index (χ1) is 9.61. The lowest BCUT2D eigenvalue weighted by Gasteiger charge is -2.14. The molecule has 0 amide bonds. The van der Waals surface area contributed by atoms with Gasteiger partial charge in [0, 0.05) is 15.4 Å². The molecule has 4 nitrogen and oxygen atoms in total. The van der Waals surface area contributed by atoms with Crippen molar-refractivity contribution in [2.75, 3.05) is 7.05 Å². The molecule has 20 heavy (non-hydrogen) atoms. The molecular formula is C14H18BrN3OS. The van der Waals surface area contributed by atoms with Gasteiger partial charge < -0.3 is 9.84 Å². The van der Waals surface area contributed by atoms with Crippen molar-refractivity contribution in [3.05, 3.63) is 40.5 Å². The minimum Gasteiger partial charge on any atom is -0.339 e. The Hall–Kier alpha value is -0.850. The van der Waals surface area contributed by atoms with Gasteiger partial charge >= 0.3 is 0 Å². The van der Waals surface area contributed by atoms with Crippen LogP contribution in [-0.2, 0) is 5.75 Å². The zero-order valence-corrected chi connectivity index (χ0v) is 14.2. The van der Waals surface area contributed by atoms with Crippen molar-refractivity contribution < 1.29 is 4.52 Å². The molecule has 0 radical (unpaired) electrons. The number of hydrogen-bond donors (Lipinski definition) is 1. The molecule has 2 aromatic rings. The predicted octanol–water partition coefficient (Wildman–Crippen LogP) is 3.84. The fraction of sp³-hybridized carbons (Fsp3) is 0.429. The van der Waals surface area contributed by atoms with Gasteiger partial charge in [0.25, 0.3) is 0 Å². The first-order valence-corrected chi connectivity index (χ1v) is 8.26. The van der Waals surface area contributed by atoms with E-state index in [1.54, 1.807) is 11.8 Å². The average Bonchev–Trinajstić information content (AvgIpc) is 2.93. The molecule has 0 bridgehead atoms. The maximum atomic E-state index is 5.34. The molecule has 1 N–H and O–H groups in total. The number of rotatable bonds is 6. The summed E-state index contributed by atoms with van der Waals surface area (Å²) in [5, 5.41) is 7.25. The van der Waals surface area contributed by atoms with Gasteiger partial charge in [0.1, 0.15) is 0 Å². The molecule has 2 atom stereocenters. The van der Waals surface area contributed by atoms with E-state index in [1.807, 2.05) is 25.2 Å². The molecule has 108 valence electrons. The summed E-state index contributed by atoms with van der Waals surface area (Å²) >= 11 is 5.23. The highest BCUT2D eigenvalue weighted by atomic mass is 79.9. The van der Waals surface area contributed by atoms with E-state index >= 15 is 0 Å². The Kier molecular flexibility index (Phi) is 5.63. The summed E-state index contributed by atoms with van der Waals surface area (Å²) in [7, 11) is 1.93. The second-order valence-corrected chi connectivity index (χ2v) is 6.51. The summed E-state index contributed by atoms with van der Waals surface area (Å²) in [5.41, 5.74) is 0. The molecule has 0 fully saturated rings. The van der Waals surface area contributed by atoms with E-state index in [0.717, 1.165) is 10.3 Å². The lowest BCUT2D eigenvalue weighted by atomic mass is 10.0. The van der Waals surface area contributed by atoms with Gasteiger partial charge in [-0.3, -0.25) is 0 Å². The second-order valence-electron chi connectivity index (χ2n) is 4.63. The van der Waals surface area contributed by atoms with E-state index in [-0.39, 0.29) is 5.92 Å². The number of nitrogens with one attached hydrogen (secondary N) is 1. The number of aromatic nitrogens is 2. The molecule has 0 spiro atoms. The van der Waals surface area contributed by atoms with E-state index in [4.69, 9.17) is 4.52 Å². The summed E-state index contributed by atoms with van der Waals surface area (Å²) in [6.07, 6.45) is 0. The van der Waals surface area contributed by atoms with Crippen LogP contribution in [0.2, 0.25) is 0 Å². The molecular weight excluding hydrogens is 338 g/mol. The molecule has 2 unspecified atom stereocenters. The SMILES string of the molecule is CNC(C)C(C)c1nc(CSc2ccccc2Br)no1. The highest BCUT2D eigenvalue weighted by molar-refractivity contribution is 9.10. The van der Waals surface area contributed by atoms with Gasteiger partial charge in [-0.15, -0.1) is 11.8 Å². The lowest BCUT2D eigenvalue weighted by molar-refractivity contribution is 0.334. The van der Waals surface area contributed by atoms with E-state index < -0.39 is 0 Å². The largest absolute Gasteiger partial charge is 0.339 e. The zero-order chi connectivity index (χ0) is 14.5. The van der Waals surface area contributed by atoms with E-state index in [0.29, 0.717) is 17.7 Å². The van der Waals surface area contributed by atoms with Crippen molar-refractivity contribution in [3.8, 4) is 0 Å². The van der Waals surface area contributed by atoms with Gasteiger partial charge in [0.05, 0.1) is 11.7 Å². The van der Waals surface area contributed by atoms with Crippen molar-refractivity contribution >= 4 is 27.7 Å². The second kappa shape index (κ2) is 7.24. The summed E-state index contributed by atoms with van der Waals surface area (Å²) in [5.74, 6) is 2.33. The van der Waals surface area contributed by atoms with Crippen molar-refractivity contribution in [1.29, 1.82) is 0 Å². The number of nitrogens with zero attached hydrogens (tertiary/aromatic N) is 2. The zero-order valence-electron chi connectivity index (χ0n) is 11.8. The number of hydrogen-bond acceptors (Lipinski definition) is 5. The Morgan fingerprint density at radius 2 is 2.10 bits per heavy atom. The van der Waals surface area contributed by atoms with Crippen molar-refractivity contribution in [3.63, 3.8) is 0 Å². The third-order valence-corrected chi connectivity index (χ3v) is 5.30. The normalized spacial score (nSPS) is 14.2. The standard InChI is InChI=1S/C14H18BrN3OS/c1-9(10(2)16-3)14-17-13(18-19-14)8-20-12-7-5-4-6-11(12)15/h4-7,9-10,16H,8H2,1-3H3. The summed E-state index contributed by atoms with van der Waals surface area (Å²) in [6, 6.07) is 8.42. The fourth-order valence-electron chi connectivity index (χ4n) is 1.68. The maximum absolute atomic E-state index is 5.34. The molecule has 0 aliphatic heterocycles. The number of benzene rings is 1. The Morgan fingerprint density at radius 1 is 1.35 bits per heavy atom. The van der Waals surface area contributed by atoms with Crippen LogP contribution in [0.25, 0.3) is 0 Å². The molecule has 0 saturated carbocycles. The van der Waals surface area contributed by atoms with Gasteiger partial charge in [0.2, 0.25) is 5.89 Å². The number of likely N-dealkylation sites (N-methyl/N-ethyl adjacent to an activating group) is 1. The minimum atomic E-state index is 0.203. The van der Waals surface area contributed by atoms with Crippen LogP contribution in [0, 0.1) is 0 Å². The summed E-state index contributed by atoms with van der Waals surface area (Å²) < 4.78 is 6.43. The first kappa shape index (κ1) is 15.5. The van der Waals surface area contributed by atoms with Crippen LogP contribution in [0.15, 0.2) is 38.2 Å². The molecule has 1 aromatic carbocycles. The van der Waals surface area contributed by atoms with Crippen molar-refractivity contribution in [2.24, 2.45) is 0 Å². The fourth-order valence-corrected chi connectivity index (χ4v) is 3.09. The molecule has 6 heteroatoms. The quantitative estimate of drug-likeness (QED) is 0.797. The van der Waals surface area contributed by atoms with Crippen LogP contribution < -0.4 is 5.32 Å². The third-order valence-electron chi connectivity index (χ3n) is 3.27. The third kappa shape index (κ3) is 3.84. The molecule has 0 aliphatic rings. The van der Waals surface area contributed by atoms with Crippen molar-refractivity contribution in [2.45, 2.75) is 36.5 Å². The Bertz CT molecular complexity index is 561. The number of thioether (sulfide) groups is 1. The van der Waals surface area contributed by atoms with Crippen LogP contribution in [0.1, 0.15) is 31.5 Å². The van der Waals surface area contributed by atoms with Crippen LogP contribution in [0.4, 0.5) is 0 Å². The Balaban J connectivity index is 1.98. The summed E-state index contributed by atoms with van der Waals surface area (Å²) in [6.45, 7) is 4.18. The van der Waals surface area contributed by atoms with Gasteiger partial charge in [-0.1, -0.05) is 24.2 Å². The van der Waals surface area contributed by atoms with Gasteiger partial charge in [0.15, 0.2) is 5.82 Å². The number of halogens is 1. The van der Waals surface area contributed by atoms with E-state index in [2.05, 4.69) is 51.3 Å². The highest BCUT2D eigenvalue weighted by Crippen LogP contribution is 2.29. The molecule has 0 aliphatic carbocycles. The smallest absolute Gasteiger partial charge is 0.231 e. The maximum Gasteiger partial charge on any atom is 0.231 e. The summed E-state index contributed by atoms with van der Waals surface area (Å²) in [4.78, 5) is 5.65. The highest BCUT2D eigenvalue weighted by Gasteiger charge is 2.19. The van der Waals surface area contributed by atoms with Crippen LogP contribution in [-0.4, -0.2) is 23.2 Å². The minimum absolute atomic E-state index is 0.203. The van der Waals surface area contributed by atoms with Gasteiger partial charge in [-0.05, 0) is 42.0 Å². The van der Waals surface area contributed by atoms with Crippen LogP contribution in [0.5, 0.6) is 0 Å². The lowest BCUT2D eigenvalue weighted by Crippen LogP contribution is -2.27. The first-order valence-electron chi connectivity index (χ1n) is 6.49. The Labute approximate surface area is 131 Å². The average molecular weight is 356 g/mol. The predicted molar refractivity (Wildman–Crippen MR) is 84.9 cm³/mol. The van der Waals surface area contributed by atoms with E-state index in [9.17, 15) is 0 Å².